The minimum atomic E-state index is 0.202. The minimum absolute atomic E-state index is 0.202. The maximum atomic E-state index is 5.39. The van der Waals surface area contributed by atoms with Crippen LogP contribution in [0.25, 0.3) is 0 Å². The Bertz CT molecular complexity index is 626. The molecule has 2 nitrogen and oxygen atoms in total. The van der Waals surface area contributed by atoms with Gasteiger partial charge in [-0.25, -0.2) is 0 Å². The highest BCUT2D eigenvalue weighted by Crippen LogP contribution is 2.40. The molecule has 0 saturated heterocycles. The zero-order valence-electron chi connectivity index (χ0n) is 12.3. The number of halogens is 2. The van der Waals surface area contributed by atoms with Crippen molar-refractivity contribution in [1.82, 2.24) is 0 Å². The third-order valence-electron chi connectivity index (χ3n) is 3.50. The molecule has 2 rings (SSSR count). The Kier molecular flexibility index (Phi) is 5.71. The number of aryl methyl sites for hydroxylation is 1. The van der Waals surface area contributed by atoms with Gasteiger partial charge in [0.25, 0.3) is 0 Å². The van der Waals surface area contributed by atoms with Crippen molar-refractivity contribution in [3.05, 3.63) is 57.6 Å². The molecule has 0 heterocycles. The van der Waals surface area contributed by atoms with Crippen molar-refractivity contribution >= 4 is 31.9 Å². The van der Waals surface area contributed by atoms with Crippen LogP contribution >= 0.6 is 31.9 Å². The number of methoxy groups -OCH3 is 2. The second-order valence-electron chi connectivity index (χ2n) is 4.83. The zero-order chi connectivity index (χ0) is 15.4. The molecule has 21 heavy (non-hydrogen) atoms. The standard InChI is InChI=1S/C17H18Br2O2/c1-11-6-4-5-7-12(11)8-14(18)13-9-16(20-2)17(21-3)10-15(13)19/h4-7,9-10,14H,8H2,1-3H3. The summed E-state index contributed by atoms with van der Waals surface area (Å²) < 4.78 is 11.7. The van der Waals surface area contributed by atoms with Crippen LogP contribution in [-0.4, -0.2) is 14.2 Å². The molecule has 2 aromatic rings. The predicted octanol–water partition coefficient (Wildman–Crippen LogP) is 5.45. The molecule has 0 aliphatic heterocycles. The van der Waals surface area contributed by atoms with Crippen LogP contribution in [0, 0.1) is 6.92 Å². The lowest BCUT2D eigenvalue weighted by Crippen LogP contribution is -2.00. The van der Waals surface area contributed by atoms with Crippen LogP contribution in [-0.2, 0) is 6.42 Å². The number of ether oxygens (including phenoxy) is 2. The van der Waals surface area contributed by atoms with Crippen LogP contribution in [0.5, 0.6) is 11.5 Å². The fourth-order valence-corrected chi connectivity index (χ4v) is 3.89. The molecule has 0 aliphatic rings. The largest absolute Gasteiger partial charge is 0.493 e. The van der Waals surface area contributed by atoms with E-state index in [0.717, 1.165) is 28.0 Å². The van der Waals surface area contributed by atoms with Crippen molar-refractivity contribution in [2.75, 3.05) is 14.2 Å². The van der Waals surface area contributed by atoms with E-state index in [0.29, 0.717) is 0 Å². The Labute approximate surface area is 142 Å². The molecule has 0 spiro atoms. The molecule has 0 aliphatic carbocycles. The highest BCUT2D eigenvalue weighted by atomic mass is 79.9. The number of hydrogen-bond acceptors (Lipinski definition) is 2. The van der Waals surface area contributed by atoms with Gasteiger partial charge in [0.1, 0.15) is 0 Å². The molecule has 112 valence electrons. The third kappa shape index (κ3) is 3.80. The first-order valence-electron chi connectivity index (χ1n) is 6.66. The van der Waals surface area contributed by atoms with Crippen LogP contribution < -0.4 is 9.47 Å². The van der Waals surface area contributed by atoms with Crippen LogP contribution in [0.4, 0.5) is 0 Å². The number of alkyl halides is 1. The average molecular weight is 414 g/mol. The summed E-state index contributed by atoms with van der Waals surface area (Å²) in [5.41, 5.74) is 3.79. The molecule has 0 radical (unpaired) electrons. The molecular weight excluding hydrogens is 396 g/mol. The summed E-state index contributed by atoms with van der Waals surface area (Å²) in [4.78, 5) is 0.202. The van der Waals surface area contributed by atoms with Gasteiger partial charge in [-0.3, -0.25) is 0 Å². The van der Waals surface area contributed by atoms with Crippen molar-refractivity contribution in [3.63, 3.8) is 0 Å². The Morgan fingerprint density at radius 1 is 1.05 bits per heavy atom. The molecule has 1 atom stereocenters. The quantitative estimate of drug-likeness (QED) is 0.606. The lowest BCUT2D eigenvalue weighted by atomic mass is 10.0. The molecule has 4 heteroatoms. The van der Waals surface area contributed by atoms with Crippen molar-refractivity contribution < 1.29 is 9.47 Å². The molecule has 0 saturated carbocycles. The van der Waals surface area contributed by atoms with Crippen molar-refractivity contribution in [2.24, 2.45) is 0 Å². The Morgan fingerprint density at radius 3 is 2.29 bits per heavy atom. The lowest BCUT2D eigenvalue weighted by Gasteiger charge is -2.17. The summed E-state index contributed by atoms with van der Waals surface area (Å²) >= 11 is 7.41. The normalized spacial score (nSPS) is 12.0. The summed E-state index contributed by atoms with van der Waals surface area (Å²) in [6, 6.07) is 12.4. The maximum Gasteiger partial charge on any atom is 0.161 e. The lowest BCUT2D eigenvalue weighted by molar-refractivity contribution is 0.354. The second-order valence-corrected chi connectivity index (χ2v) is 6.79. The van der Waals surface area contributed by atoms with Gasteiger partial charge < -0.3 is 9.47 Å². The number of rotatable bonds is 5. The van der Waals surface area contributed by atoms with Gasteiger partial charge in [0.05, 0.1) is 14.2 Å². The van der Waals surface area contributed by atoms with Gasteiger partial charge in [-0.15, -0.1) is 0 Å². The van der Waals surface area contributed by atoms with Crippen molar-refractivity contribution in [3.8, 4) is 11.5 Å². The van der Waals surface area contributed by atoms with E-state index in [1.54, 1.807) is 14.2 Å². The van der Waals surface area contributed by atoms with Crippen LogP contribution in [0.15, 0.2) is 40.9 Å². The number of hydrogen-bond donors (Lipinski definition) is 0. The smallest absolute Gasteiger partial charge is 0.161 e. The van der Waals surface area contributed by atoms with Crippen LogP contribution in [0.2, 0.25) is 0 Å². The van der Waals surface area contributed by atoms with E-state index < -0.39 is 0 Å². The van der Waals surface area contributed by atoms with Crippen LogP contribution in [0.3, 0.4) is 0 Å². The van der Waals surface area contributed by atoms with Crippen LogP contribution in [0.1, 0.15) is 21.5 Å². The summed E-state index contributed by atoms with van der Waals surface area (Å²) in [5.74, 6) is 1.47. The van der Waals surface area contributed by atoms with Gasteiger partial charge in [-0.05, 0) is 42.2 Å². The zero-order valence-corrected chi connectivity index (χ0v) is 15.5. The fourth-order valence-electron chi connectivity index (χ4n) is 2.25. The van der Waals surface area contributed by atoms with Gasteiger partial charge in [0.2, 0.25) is 0 Å². The molecule has 0 bridgehead atoms. The van der Waals surface area contributed by atoms with Gasteiger partial charge in [-0.2, -0.15) is 0 Å². The van der Waals surface area contributed by atoms with Crippen molar-refractivity contribution in [1.29, 1.82) is 0 Å². The molecular formula is C17H18Br2O2. The fraction of sp³-hybridized carbons (Fsp3) is 0.294. The van der Waals surface area contributed by atoms with E-state index in [9.17, 15) is 0 Å². The number of benzene rings is 2. The van der Waals surface area contributed by atoms with E-state index in [1.807, 2.05) is 12.1 Å². The molecule has 0 aromatic heterocycles. The van der Waals surface area contributed by atoms with Gasteiger partial charge >= 0.3 is 0 Å². The monoisotopic (exact) mass is 412 g/mol. The SMILES string of the molecule is COc1cc(Br)c(C(Br)Cc2ccccc2C)cc1OC. The van der Waals surface area contributed by atoms with E-state index in [4.69, 9.17) is 9.47 Å². The highest BCUT2D eigenvalue weighted by molar-refractivity contribution is 9.11. The Morgan fingerprint density at radius 2 is 1.67 bits per heavy atom. The molecule has 1 unspecified atom stereocenters. The van der Waals surface area contributed by atoms with Gasteiger partial charge in [-0.1, -0.05) is 56.1 Å². The predicted molar refractivity (Wildman–Crippen MR) is 93.8 cm³/mol. The molecule has 0 amide bonds. The van der Waals surface area contributed by atoms with Crippen molar-refractivity contribution in [2.45, 2.75) is 18.2 Å². The first-order chi connectivity index (χ1) is 10.1. The van der Waals surface area contributed by atoms with E-state index in [2.05, 4.69) is 63.0 Å². The third-order valence-corrected chi connectivity index (χ3v) is 5.00. The summed E-state index contributed by atoms with van der Waals surface area (Å²) in [7, 11) is 3.29. The highest BCUT2D eigenvalue weighted by Gasteiger charge is 2.17. The van der Waals surface area contributed by atoms with E-state index in [1.165, 1.54) is 11.1 Å². The molecule has 2 aromatic carbocycles. The van der Waals surface area contributed by atoms with Gasteiger partial charge in [0.15, 0.2) is 11.5 Å². The Hall–Kier alpha value is -1.00. The van der Waals surface area contributed by atoms with Gasteiger partial charge in [0, 0.05) is 9.30 Å². The molecule has 0 N–H and O–H groups in total. The summed E-state index contributed by atoms with van der Waals surface area (Å²) in [5, 5.41) is 0. The summed E-state index contributed by atoms with van der Waals surface area (Å²) in [6.45, 7) is 2.14. The van der Waals surface area contributed by atoms with E-state index >= 15 is 0 Å². The Balaban J connectivity index is 2.31. The van der Waals surface area contributed by atoms with E-state index in [-0.39, 0.29) is 4.83 Å². The topological polar surface area (TPSA) is 18.5 Å². The maximum absolute atomic E-state index is 5.39. The first kappa shape index (κ1) is 16.4. The second kappa shape index (κ2) is 7.32. The first-order valence-corrected chi connectivity index (χ1v) is 8.37. The molecule has 0 fully saturated rings. The minimum Gasteiger partial charge on any atom is -0.493 e. The summed E-state index contributed by atoms with van der Waals surface area (Å²) in [6.07, 6.45) is 0.917. The average Bonchev–Trinajstić information content (AvgIpc) is 2.49.